The van der Waals surface area contributed by atoms with Crippen LogP contribution in [0.2, 0.25) is 0 Å². The minimum absolute atomic E-state index is 0.0225. The Labute approximate surface area is 166 Å². The molecule has 29 heavy (non-hydrogen) atoms. The van der Waals surface area contributed by atoms with Crippen LogP contribution in [0.1, 0.15) is 11.1 Å². The van der Waals surface area contributed by atoms with Crippen molar-refractivity contribution >= 4 is 23.2 Å². The van der Waals surface area contributed by atoms with Crippen molar-refractivity contribution in [1.82, 2.24) is 5.32 Å². The summed E-state index contributed by atoms with van der Waals surface area (Å²) in [5.74, 6) is 1.17. The predicted octanol–water partition coefficient (Wildman–Crippen LogP) is 4.94. The Morgan fingerprint density at radius 1 is 0.897 bits per heavy atom. The predicted molar refractivity (Wildman–Crippen MR) is 110 cm³/mol. The number of nitrogens with zero attached hydrogens (tertiary/aromatic N) is 1. The van der Waals surface area contributed by atoms with Gasteiger partial charge in [0, 0.05) is 29.5 Å². The molecule has 0 aromatic heterocycles. The number of nitro benzene ring substituents is 1. The molecule has 0 radical (unpaired) electrons. The molecule has 0 saturated heterocycles. The van der Waals surface area contributed by atoms with E-state index in [1.165, 1.54) is 12.1 Å². The SMILES string of the molecule is O=C1NC=C(c2ccc(Oc3ccccc3)cc2)/C1=C\c1cccc([N+](=O)[O-])c1. The molecule has 1 aliphatic heterocycles. The highest BCUT2D eigenvalue weighted by Gasteiger charge is 2.22. The molecule has 3 aromatic rings. The molecule has 0 atom stereocenters. The number of carbonyl (C=O) groups is 1. The quantitative estimate of drug-likeness (QED) is 0.384. The van der Waals surface area contributed by atoms with Crippen molar-refractivity contribution in [3.05, 3.63) is 112 Å². The van der Waals surface area contributed by atoms with Gasteiger partial charge in [0.25, 0.3) is 11.6 Å². The second kappa shape index (κ2) is 7.82. The van der Waals surface area contributed by atoms with Gasteiger partial charge in [-0.2, -0.15) is 0 Å². The van der Waals surface area contributed by atoms with Crippen LogP contribution in [0.3, 0.4) is 0 Å². The zero-order valence-corrected chi connectivity index (χ0v) is 15.2. The number of ether oxygens (including phenoxy) is 1. The minimum atomic E-state index is -0.459. The van der Waals surface area contributed by atoms with E-state index >= 15 is 0 Å². The molecule has 1 N–H and O–H groups in total. The third-order valence-electron chi connectivity index (χ3n) is 4.42. The van der Waals surface area contributed by atoms with E-state index < -0.39 is 4.92 Å². The van der Waals surface area contributed by atoms with Crippen molar-refractivity contribution in [2.45, 2.75) is 0 Å². The van der Waals surface area contributed by atoms with Crippen molar-refractivity contribution in [2.75, 3.05) is 0 Å². The summed E-state index contributed by atoms with van der Waals surface area (Å²) in [6, 6.07) is 23.0. The molecule has 3 aromatic carbocycles. The topological polar surface area (TPSA) is 81.5 Å². The van der Waals surface area contributed by atoms with E-state index in [1.807, 2.05) is 54.6 Å². The van der Waals surface area contributed by atoms with Gasteiger partial charge in [0.2, 0.25) is 0 Å². The molecule has 0 fully saturated rings. The maximum absolute atomic E-state index is 12.3. The highest BCUT2D eigenvalue weighted by molar-refractivity contribution is 6.16. The molecule has 1 amide bonds. The van der Waals surface area contributed by atoms with Crippen LogP contribution in [-0.2, 0) is 4.79 Å². The van der Waals surface area contributed by atoms with Crippen LogP contribution in [0.4, 0.5) is 5.69 Å². The number of carbonyl (C=O) groups excluding carboxylic acids is 1. The average Bonchev–Trinajstić information content (AvgIpc) is 3.10. The van der Waals surface area contributed by atoms with Gasteiger partial charge in [-0.3, -0.25) is 14.9 Å². The molecule has 0 unspecified atom stereocenters. The lowest BCUT2D eigenvalue weighted by atomic mass is 9.98. The van der Waals surface area contributed by atoms with Gasteiger partial charge >= 0.3 is 0 Å². The lowest BCUT2D eigenvalue weighted by Crippen LogP contribution is -2.11. The van der Waals surface area contributed by atoms with Crippen LogP contribution < -0.4 is 10.1 Å². The van der Waals surface area contributed by atoms with Gasteiger partial charge in [-0.15, -0.1) is 0 Å². The van der Waals surface area contributed by atoms with Gasteiger partial charge in [-0.05, 0) is 41.5 Å². The maximum Gasteiger partial charge on any atom is 0.270 e. The van der Waals surface area contributed by atoms with Gasteiger partial charge in [-0.25, -0.2) is 0 Å². The Kier molecular flexibility index (Phi) is 4.90. The number of nitrogens with one attached hydrogen (secondary N) is 1. The van der Waals surface area contributed by atoms with Crippen LogP contribution >= 0.6 is 0 Å². The van der Waals surface area contributed by atoms with Gasteiger partial charge in [0.15, 0.2) is 0 Å². The van der Waals surface area contributed by atoms with E-state index in [9.17, 15) is 14.9 Å². The zero-order chi connectivity index (χ0) is 20.2. The van der Waals surface area contributed by atoms with Crippen molar-refractivity contribution in [3.63, 3.8) is 0 Å². The molecular weight excluding hydrogens is 368 g/mol. The summed E-state index contributed by atoms with van der Waals surface area (Å²) < 4.78 is 5.79. The first kappa shape index (κ1) is 18.2. The Morgan fingerprint density at radius 2 is 1.62 bits per heavy atom. The third kappa shape index (κ3) is 4.06. The largest absolute Gasteiger partial charge is 0.457 e. The Morgan fingerprint density at radius 3 is 2.34 bits per heavy atom. The summed E-state index contributed by atoms with van der Waals surface area (Å²) in [6.45, 7) is 0. The molecule has 6 heteroatoms. The first-order chi connectivity index (χ1) is 14.1. The highest BCUT2D eigenvalue weighted by atomic mass is 16.6. The van der Waals surface area contributed by atoms with Crippen LogP contribution in [0.25, 0.3) is 11.6 Å². The molecule has 0 spiro atoms. The number of nitro groups is 1. The minimum Gasteiger partial charge on any atom is -0.457 e. The smallest absolute Gasteiger partial charge is 0.270 e. The standard InChI is InChI=1S/C23H16N2O4/c26-23-21(14-16-5-4-6-18(13-16)25(27)28)22(15-24-23)17-9-11-20(12-10-17)29-19-7-2-1-3-8-19/h1-15H,(H,24,26)/b21-14+. The van der Waals surface area contributed by atoms with E-state index in [4.69, 9.17) is 4.74 Å². The van der Waals surface area contributed by atoms with Gasteiger partial charge in [0.05, 0.1) is 4.92 Å². The highest BCUT2D eigenvalue weighted by Crippen LogP contribution is 2.31. The average molecular weight is 384 g/mol. The lowest BCUT2D eigenvalue weighted by molar-refractivity contribution is -0.384. The summed E-state index contributed by atoms with van der Waals surface area (Å²) in [5.41, 5.74) is 2.56. The first-order valence-corrected chi connectivity index (χ1v) is 8.91. The third-order valence-corrected chi connectivity index (χ3v) is 4.42. The number of benzene rings is 3. The summed E-state index contributed by atoms with van der Waals surface area (Å²) in [5, 5.41) is 13.7. The van der Waals surface area contributed by atoms with Crippen LogP contribution in [0.5, 0.6) is 11.5 Å². The fraction of sp³-hybridized carbons (Fsp3) is 0. The lowest BCUT2D eigenvalue weighted by Gasteiger charge is -2.08. The van der Waals surface area contributed by atoms with Gasteiger partial charge < -0.3 is 10.1 Å². The number of amides is 1. The first-order valence-electron chi connectivity index (χ1n) is 8.91. The van der Waals surface area contributed by atoms with E-state index in [2.05, 4.69) is 5.32 Å². The summed E-state index contributed by atoms with van der Waals surface area (Å²) in [4.78, 5) is 22.8. The Bertz CT molecular complexity index is 1130. The molecule has 0 bridgehead atoms. The second-order valence-electron chi connectivity index (χ2n) is 6.38. The molecule has 1 aliphatic rings. The van der Waals surface area contributed by atoms with Crippen molar-refractivity contribution in [1.29, 1.82) is 0 Å². The fourth-order valence-corrected chi connectivity index (χ4v) is 3.02. The van der Waals surface area contributed by atoms with Crippen molar-refractivity contribution < 1.29 is 14.5 Å². The number of non-ortho nitro benzene ring substituents is 1. The molecule has 0 saturated carbocycles. The Balaban J connectivity index is 1.59. The fourth-order valence-electron chi connectivity index (χ4n) is 3.02. The van der Waals surface area contributed by atoms with Crippen LogP contribution in [0.15, 0.2) is 90.6 Å². The Hall–Kier alpha value is -4.19. The number of hydrogen-bond acceptors (Lipinski definition) is 4. The summed E-state index contributed by atoms with van der Waals surface area (Å²) >= 11 is 0. The van der Waals surface area contributed by atoms with E-state index in [-0.39, 0.29) is 11.6 Å². The maximum atomic E-state index is 12.3. The van der Waals surface area contributed by atoms with Crippen LogP contribution in [0, 0.1) is 10.1 Å². The normalized spacial score (nSPS) is 14.4. The van der Waals surface area contributed by atoms with E-state index in [0.29, 0.717) is 22.5 Å². The molecular formula is C23H16N2O4. The molecule has 1 heterocycles. The van der Waals surface area contributed by atoms with Crippen LogP contribution in [-0.4, -0.2) is 10.8 Å². The van der Waals surface area contributed by atoms with Gasteiger partial charge in [-0.1, -0.05) is 42.5 Å². The van der Waals surface area contributed by atoms with E-state index in [1.54, 1.807) is 24.4 Å². The van der Waals surface area contributed by atoms with Gasteiger partial charge in [0.1, 0.15) is 11.5 Å². The molecule has 0 aliphatic carbocycles. The van der Waals surface area contributed by atoms with E-state index in [0.717, 1.165) is 11.3 Å². The second-order valence-corrected chi connectivity index (χ2v) is 6.38. The van der Waals surface area contributed by atoms with Crippen molar-refractivity contribution in [3.8, 4) is 11.5 Å². The molecule has 6 nitrogen and oxygen atoms in total. The number of para-hydroxylation sites is 1. The van der Waals surface area contributed by atoms with Crippen molar-refractivity contribution in [2.24, 2.45) is 0 Å². The molecule has 4 rings (SSSR count). The number of rotatable bonds is 5. The molecule has 142 valence electrons. The summed E-state index contributed by atoms with van der Waals surface area (Å²) in [6.07, 6.45) is 3.29. The zero-order valence-electron chi connectivity index (χ0n) is 15.2. The number of hydrogen-bond donors (Lipinski definition) is 1. The monoisotopic (exact) mass is 384 g/mol. The summed E-state index contributed by atoms with van der Waals surface area (Å²) in [7, 11) is 0.